The lowest BCUT2D eigenvalue weighted by Gasteiger charge is -2.20. The first kappa shape index (κ1) is 18.6. The molecular weight excluding hydrogens is 362 g/mol. The Morgan fingerprint density at radius 1 is 1.29 bits per heavy atom. The van der Waals surface area contributed by atoms with Crippen LogP contribution in [0.25, 0.3) is 0 Å². The number of likely N-dealkylation sites (tertiary alicyclic amines) is 1. The van der Waals surface area contributed by atoms with E-state index in [1.165, 1.54) is 5.56 Å². The first-order valence-corrected chi connectivity index (χ1v) is 9.68. The Kier molecular flexibility index (Phi) is 4.64. The van der Waals surface area contributed by atoms with Crippen molar-refractivity contribution in [3.63, 3.8) is 0 Å². The molecule has 0 bridgehead atoms. The van der Waals surface area contributed by atoms with E-state index in [1.807, 2.05) is 17.0 Å². The van der Waals surface area contributed by atoms with Gasteiger partial charge in [-0.05, 0) is 37.0 Å². The number of fused-ring (bicyclic) bond motifs is 1. The second kappa shape index (κ2) is 7.00. The van der Waals surface area contributed by atoms with Crippen LogP contribution in [0.3, 0.4) is 0 Å². The number of carbonyl (C=O) groups excluding carboxylic acids is 3. The van der Waals surface area contributed by atoms with Crippen molar-refractivity contribution >= 4 is 23.8 Å². The third-order valence-corrected chi connectivity index (χ3v) is 5.97. The molecule has 1 N–H and O–H groups in total. The topological polar surface area (TPSA) is 88.2 Å². The van der Waals surface area contributed by atoms with Crippen LogP contribution in [0.2, 0.25) is 0 Å². The molecule has 0 radical (unpaired) electrons. The highest BCUT2D eigenvalue weighted by atomic mass is 16.6. The number of anilines is 1. The van der Waals surface area contributed by atoms with Gasteiger partial charge in [0.15, 0.2) is 0 Å². The van der Waals surface area contributed by atoms with Crippen molar-refractivity contribution in [1.29, 1.82) is 0 Å². The van der Waals surface area contributed by atoms with Crippen LogP contribution in [0.15, 0.2) is 24.3 Å². The molecule has 1 aromatic rings. The fourth-order valence-corrected chi connectivity index (χ4v) is 4.36. The summed E-state index contributed by atoms with van der Waals surface area (Å²) < 4.78 is 10.1. The van der Waals surface area contributed by atoms with E-state index in [2.05, 4.69) is 17.4 Å². The van der Waals surface area contributed by atoms with Gasteiger partial charge in [-0.15, -0.1) is 0 Å². The summed E-state index contributed by atoms with van der Waals surface area (Å²) in [5.74, 6) is 0.669. The summed E-state index contributed by atoms with van der Waals surface area (Å²) in [6.07, 6.45) is -0.240. The monoisotopic (exact) mass is 387 g/mol. The highest BCUT2D eigenvalue weighted by molar-refractivity contribution is 5.89. The van der Waals surface area contributed by atoms with Gasteiger partial charge in [-0.1, -0.05) is 12.1 Å². The molecule has 4 rings (SSSR count). The minimum atomic E-state index is -0.518. The molecule has 150 valence electrons. The third-order valence-electron chi connectivity index (χ3n) is 5.97. The summed E-state index contributed by atoms with van der Waals surface area (Å²) in [7, 11) is 0. The quantitative estimate of drug-likeness (QED) is 0.833. The molecule has 28 heavy (non-hydrogen) atoms. The van der Waals surface area contributed by atoms with Crippen LogP contribution in [-0.2, 0) is 19.7 Å². The highest BCUT2D eigenvalue weighted by Crippen LogP contribution is 2.59. The van der Waals surface area contributed by atoms with Crippen molar-refractivity contribution in [1.82, 2.24) is 10.2 Å². The summed E-state index contributed by atoms with van der Waals surface area (Å²) >= 11 is 0. The van der Waals surface area contributed by atoms with Gasteiger partial charge in [0.1, 0.15) is 6.10 Å². The van der Waals surface area contributed by atoms with Gasteiger partial charge in [-0.3, -0.25) is 9.69 Å². The average Bonchev–Trinajstić information content (AvgIpc) is 3.04. The Morgan fingerprint density at radius 2 is 2.04 bits per heavy atom. The van der Waals surface area contributed by atoms with E-state index in [-0.39, 0.29) is 17.9 Å². The summed E-state index contributed by atoms with van der Waals surface area (Å²) in [5.41, 5.74) is 2.07. The van der Waals surface area contributed by atoms with Crippen molar-refractivity contribution in [2.45, 2.75) is 31.8 Å². The normalized spacial score (nSPS) is 28.0. The van der Waals surface area contributed by atoms with E-state index < -0.39 is 18.3 Å². The zero-order chi connectivity index (χ0) is 19.9. The molecule has 2 unspecified atom stereocenters. The number of hydrogen-bond donors (Lipinski definition) is 1. The van der Waals surface area contributed by atoms with Gasteiger partial charge in [0.2, 0.25) is 5.91 Å². The summed E-state index contributed by atoms with van der Waals surface area (Å²) in [6.45, 7) is 5.84. The molecule has 1 aromatic carbocycles. The van der Waals surface area contributed by atoms with E-state index in [9.17, 15) is 14.4 Å². The molecular formula is C20H25N3O5. The molecule has 2 heterocycles. The van der Waals surface area contributed by atoms with Gasteiger partial charge in [0.05, 0.1) is 19.7 Å². The van der Waals surface area contributed by atoms with Gasteiger partial charge in [0.25, 0.3) is 0 Å². The highest BCUT2D eigenvalue weighted by Gasteiger charge is 2.61. The van der Waals surface area contributed by atoms with Gasteiger partial charge >= 0.3 is 12.2 Å². The Hall–Kier alpha value is -2.77. The van der Waals surface area contributed by atoms with Crippen LogP contribution in [0.4, 0.5) is 15.3 Å². The number of carbonyl (C=O) groups is 3. The van der Waals surface area contributed by atoms with Gasteiger partial charge in [-0.2, -0.15) is 0 Å². The Balaban J connectivity index is 1.38. The predicted octanol–water partition coefficient (Wildman–Crippen LogP) is 1.88. The number of nitrogens with one attached hydrogen (secondary N) is 1. The minimum absolute atomic E-state index is 0.0851. The largest absolute Gasteiger partial charge is 0.450 e. The van der Waals surface area contributed by atoms with Crippen molar-refractivity contribution < 1.29 is 23.9 Å². The molecule has 3 amide bonds. The van der Waals surface area contributed by atoms with Crippen LogP contribution in [0.1, 0.15) is 25.8 Å². The van der Waals surface area contributed by atoms with Crippen LogP contribution >= 0.6 is 0 Å². The van der Waals surface area contributed by atoms with Crippen LogP contribution < -0.4 is 10.2 Å². The van der Waals surface area contributed by atoms with Crippen molar-refractivity contribution in [2.75, 3.05) is 37.7 Å². The predicted molar refractivity (Wildman–Crippen MR) is 101 cm³/mol. The van der Waals surface area contributed by atoms with Crippen molar-refractivity contribution in [3.8, 4) is 0 Å². The second-order valence-electron chi connectivity index (χ2n) is 7.72. The molecule has 2 saturated heterocycles. The fourth-order valence-electron chi connectivity index (χ4n) is 4.36. The fraction of sp³-hybridized carbons (Fsp3) is 0.550. The first-order chi connectivity index (χ1) is 13.4. The zero-order valence-corrected chi connectivity index (χ0v) is 16.1. The van der Waals surface area contributed by atoms with E-state index in [0.29, 0.717) is 19.1 Å². The summed E-state index contributed by atoms with van der Waals surface area (Å²) in [4.78, 5) is 38.7. The van der Waals surface area contributed by atoms with Crippen LogP contribution in [0.5, 0.6) is 0 Å². The SMILES string of the molecule is CCOC(=O)NC[C@H]1CN(c2ccc(C34CC3CN(C(C)=O)C4)cc2)C(=O)O1. The lowest BCUT2D eigenvalue weighted by atomic mass is 9.94. The van der Waals surface area contributed by atoms with Crippen LogP contribution in [-0.4, -0.2) is 61.9 Å². The molecule has 0 aromatic heterocycles. The zero-order valence-electron chi connectivity index (χ0n) is 16.1. The van der Waals surface area contributed by atoms with E-state index in [4.69, 9.17) is 9.47 Å². The summed E-state index contributed by atoms with van der Waals surface area (Å²) in [6, 6.07) is 7.96. The molecule has 3 aliphatic rings. The second-order valence-corrected chi connectivity index (χ2v) is 7.72. The molecule has 8 nitrogen and oxygen atoms in total. The molecule has 3 fully saturated rings. The van der Waals surface area contributed by atoms with Gasteiger partial charge < -0.3 is 19.7 Å². The molecule has 1 saturated carbocycles. The molecule has 2 aliphatic heterocycles. The van der Waals surface area contributed by atoms with E-state index in [1.54, 1.807) is 18.7 Å². The number of amides is 3. The lowest BCUT2D eigenvalue weighted by Crippen LogP contribution is -2.35. The Bertz CT molecular complexity index is 796. The van der Waals surface area contributed by atoms with E-state index in [0.717, 1.165) is 25.2 Å². The number of piperidine rings is 1. The number of alkyl carbamates (subject to hydrolysis) is 1. The van der Waals surface area contributed by atoms with E-state index >= 15 is 0 Å². The van der Waals surface area contributed by atoms with Gasteiger partial charge in [-0.25, -0.2) is 9.59 Å². The maximum absolute atomic E-state index is 12.2. The maximum Gasteiger partial charge on any atom is 0.414 e. The number of benzene rings is 1. The first-order valence-electron chi connectivity index (χ1n) is 9.68. The Morgan fingerprint density at radius 3 is 2.68 bits per heavy atom. The van der Waals surface area contributed by atoms with Crippen molar-refractivity contribution in [2.24, 2.45) is 5.92 Å². The molecule has 3 atom stereocenters. The Labute approximate surface area is 163 Å². The number of rotatable bonds is 5. The van der Waals surface area contributed by atoms with Crippen molar-refractivity contribution in [3.05, 3.63) is 29.8 Å². The van der Waals surface area contributed by atoms with Crippen LogP contribution in [0, 0.1) is 5.92 Å². The third kappa shape index (κ3) is 3.27. The van der Waals surface area contributed by atoms with Gasteiger partial charge in [0, 0.05) is 31.1 Å². The summed E-state index contributed by atoms with van der Waals surface area (Å²) in [5, 5.41) is 2.59. The lowest BCUT2D eigenvalue weighted by molar-refractivity contribution is -0.128. The number of hydrogen-bond acceptors (Lipinski definition) is 5. The minimum Gasteiger partial charge on any atom is -0.450 e. The number of ether oxygens (including phenoxy) is 2. The molecule has 0 spiro atoms. The molecule has 8 heteroatoms. The number of cyclic esters (lactones) is 1. The standard InChI is InChI=1S/C20H25N3O5/c1-3-27-18(25)21-9-17-11-23(19(26)28-17)16-6-4-14(5-7-16)20-8-15(20)10-22(12-20)13(2)24/h4-7,15,17H,3,8-12H2,1-2H3,(H,21,25)/t15?,17-,20?/m0/s1. The molecule has 1 aliphatic carbocycles. The smallest absolute Gasteiger partial charge is 0.414 e. The average molecular weight is 387 g/mol. The number of nitrogens with zero attached hydrogens (tertiary/aromatic N) is 2. The maximum atomic E-state index is 12.2.